The molecule has 0 aromatic heterocycles. The Labute approximate surface area is 217 Å². The first-order valence-corrected chi connectivity index (χ1v) is 12.4. The lowest BCUT2D eigenvalue weighted by Crippen LogP contribution is -2.36. The zero-order valence-corrected chi connectivity index (χ0v) is 20.5. The van der Waals surface area contributed by atoms with E-state index in [0.717, 1.165) is 60.8 Å². The van der Waals surface area contributed by atoms with Crippen molar-refractivity contribution < 1.29 is 14.3 Å². The number of carbonyl (C=O) groups excluding carboxylic acids is 2. The Bertz CT molecular complexity index is 1350. The van der Waals surface area contributed by atoms with Crippen LogP contribution in [0.1, 0.15) is 15.9 Å². The molecule has 6 nitrogen and oxygen atoms in total. The summed E-state index contributed by atoms with van der Waals surface area (Å²) in [7, 11) is 0. The molecule has 1 saturated heterocycles. The van der Waals surface area contributed by atoms with E-state index in [2.05, 4.69) is 22.3 Å². The van der Waals surface area contributed by atoms with Crippen LogP contribution in [0.4, 0.5) is 17.1 Å². The second-order valence-electron chi connectivity index (χ2n) is 8.86. The van der Waals surface area contributed by atoms with Gasteiger partial charge < -0.3 is 15.0 Å². The highest BCUT2D eigenvalue weighted by atomic mass is 16.5. The van der Waals surface area contributed by atoms with Gasteiger partial charge in [-0.2, -0.15) is 0 Å². The molecular weight excluding hydrogens is 462 g/mol. The first-order valence-electron chi connectivity index (χ1n) is 12.4. The molecule has 1 aliphatic heterocycles. The monoisotopic (exact) mass is 491 g/mol. The summed E-state index contributed by atoms with van der Waals surface area (Å²) >= 11 is 0. The van der Waals surface area contributed by atoms with Crippen molar-refractivity contribution in [2.45, 2.75) is 6.54 Å². The Morgan fingerprint density at radius 3 is 2.35 bits per heavy atom. The van der Waals surface area contributed by atoms with Crippen LogP contribution in [-0.2, 0) is 16.1 Å². The van der Waals surface area contributed by atoms with Crippen LogP contribution in [0.5, 0.6) is 0 Å². The summed E-state index contributed by atoms with van der Waals surface area (Å²) in [4.78, 5) is 29.1. The number of carbonyl (C=O) groups is 2. The second kappa shape index (κ2) is 11.5. The summed E-state index contributed by atoms with van der Waals surface area (Å²) < 4.78 is 5.42. The molecule has 0 aliphatic carbocycles. The molecule has 0 atom stereocenters. The minimum absolute atomic E-state index is 0.193. The van der Waals surface area contributed by atoms with Gasteiger partial charge in [-0.05, 0) is 47.5 Å². The van der Waals surface area contributed by atoms with Gasteiger partial charge in [0.05, 0.1) is 18.9 Å². The lowest BCUT2D eigenvalue weighted by atomic mass is 10.0. The van der Waals surface area contributed by atoms with E-state index in [0.29, 0.717) is 17.8 Å². The van der Waals surface area contributed by atoms with E-state index in [1.54, 1.807) is 23.1 Å². The van der Waals surface area contributed by atoms with Gasteiger partial charge in [0, 0.05) is 42.1 Å². The third-order valence-electron chi connectivity index (χ3n) is 6.51. The average Bonchev–Trinajstić information content (AvgIpc) is 2.98. The van der Waals surface area contributed by atoms with E-state index in [1.165, 1.54) is 0 Å². The average molecular weight is 492 g/mol. The van der Waals surface area contributed by atoms with Gasteiger partial charge in [0.2, 0.25) is 6.41 Å². The maximum Gasteiger partial charge on any atom is 0.251 e. The van der Waals surface area contributed by atoms with Crippen molar-refractivity contribution in [2.24, 2.45) is 0 Å². The summed E-state index contributed by atoms with van der Waals surface area (Å²) in [6.07, 6.45) is 0.787. The normalized spacial score (nSPS) is 13.1. The zero-order valence-electron chi connectivity index (χ0n) is 20.5. The predicted octanol–water partition coefficient (Wildman–Crippen LogP) is 5.41. The number of hydrogen-bond donors (Lipinski definition) is 1. The molecular formula is C31H29N3O3. The standard InChI is InChI=1S/C31H29N3O3/c35-23-34(30-12-5-4-11-29(30)25-7-2-1-3-8-25)28-10-6-9-26(21-28)31(36)32-22-24-13-15-27(16-14-24)33-17-19-37-20-18-33/h1-16,21,23H,17-20,22H2,(H,32,36). The van der Waals surface area contributed by atoms with Gasteiger partial charge in [0.25, 0.3) is 5.91 Å². The predicted molar refractivity (Wildman–Crippen MR) is 147 cm³/mol. The number of nitrogens with one attached hydrogen (secondary N) is 1. The molecule has 1 fully saturated rings. The van der Waals surface area contributed by atoms with Crippen molar-refractivity contribution in [1.82, 2.24) is 5.32 Å². The summed E-state index contributed by atoms with van der Waals surface area (Å²) in [5, 5.41) is 3.00. The highest BCUT2D eigenvalue weighted by Gasteiger charge is 2.16. The van der Waals surface area contributed by atoms with Crippen LogP contribution in [0.25, 0.3) is 11.1 Å². The van der Waals surface area contributed by atoms with Gasteiger partial charge in [0.15, 0.2) is 0 Å². The van der Waals surface area contributed by atoms with Crippen molar-refractivity contribution in [1.29, 1.82) is 0 Å². The number of ether oxygens (including phenoxy) is 1. The first kappa shape index (κ1) is 24.3. The first-order chi connectivity index (χ1) is 18.2. The number of amides is 2. The molecule has 4 aromatic rings. The van der Waals surface area contributed by atoms with Gasteiger partial charge in [-0.25, -0.2) is 0 Å². The van der Waals surface area contributed by atoms with E-state index in [1.807, 2.05) is 72.8 Å². The Morgan fingerprint density at radius 2 is 1.59 bits per heavy atom. The Morgan fingerprint density at radius 1 is 0.865 bits per heavy atom. The number of para-hydroxylation sites is 1. The smallest absolute Gasteiger partial charge is 0.251 e. The van der Waals surface area contributed by atoms with E-state index in [-0.39, 0.29) is 5.91 Å². The Kier molecular flexibility index (Phi) is 7.58. The number of morpholine rings is 1. The molecule has 1 heterocycles. The second-order valence-corrected chi connectivity index (χ2v) is 8.86. The minimum Gasteiger partial charge on any atom is -0.378 e. The molecule has 0 spiro atoms. The van der Waals surface area contributed by atoms with Gasteiger partial charge in [-0.1, -0.05) is 66.7 Å². The number of anilines is 3. The highest BCUT2D eigenvalue weighted by Crippen LogP contribution is 2.34. The lowest BCUT2D eigenvalue weighted by molar-refractivity contribution is -0.106. The van der Waals surface area contributed by atoms with E-state index in [4.69, 9.17) is 4.74 Å². The summed E-state index contributed by atoms with van der Waals surface area (Å²) in [5.74, 6) is -0.193. The van der Waals surface area contributed by atoms with Crippen LogP contribution in [-0.4, -0.2) is 38.6 Å². The summed E-state index contributed by atoms with van der Waals surface area (Å²) in [6, 6.07) is 33.0. The summed E-state index contributed by atoms with van der Waals surface area (Å²) in [5.41, 5.74) is 6.00. The number of benzene rings is 4. The molecule has 0 radical (unpaired) electrons. The Balaban J connectivity index is 1.30. The quantitative estimate of drug-likeness (QED) is 0.335. The Hall–Kier alpha value is -4.42. The van der Waals surface area contributed by atoms with Crippen molar-refractivity contribution in [2.75, 3.05) is 36.1 Å². The third kappa shape index (κ3) is 5.71. The summed E-state index contributed by atoms with van der Waals surface area (Å²) in [6.45, 7) is 3.69. The lowest BCUT2D eigenvalue weighted by Gasteiger charge is -2.28. The van der Waals surface area contributed by atoms with E-state index < -0.39 is 0 Å². The minimum atomic E-state index is -0.193. The molecule has 6 heteroatoms. The van der Waals surface area contributed by atoms with E-state index >= 15 is 0 Å². The van der Waals surface area contributed by atoms with E-state index in [9.17, 15) is 9.59 Å². The molecule has 1 aliphatic rings. The number of nitrogens with zero attached hydrogens (tertiary/aromatic N) is 2. The molecule has 5 rings (SSSR count). The molecule has 37 heavy (non-hydrogen) atoms. The molecule has 2 amide bonds. The SMILES string of the molecule is O=CN(c1cccc(C(=O)NCc2ccc(N3CCOCC3)cc2)c1)c1ccccc1-c1ccccc1. The van der Waals surface area contributed by atoms with Gasteiger partial charge in [-0.3, -0.25) is 14.5 Å². The maximum atomic E-state index is 13.0. The number of rotatable bonds is 8. The van der Waals surface area contributed by atoms with Crippen LogP contribution >= 0.6 is 0 Å². The van der Waals surface area contributed by atoms with Crippen molar-refractivity contribution in [3.8, 4) is 11.1 Å². The van der Waals surface area contributed by atoms with Gasteiger partial charge in [-0.15, -0.1) is 0 Å². The van der Waals surface area contributed by atoms with Crippen molar-refractivity contribution in [3.05, 3.63) is 114 Å². The molecule has 1 N–H and O–H groups in total. The fourth-order valence-electron chi connectivity index (χ4n) is 4.53. The van der Waals surface area contributed by atoms with Crippen LogP contribution in [0.2, 0.25) is 0 Å². The third-order valence-corrected chi connectivity index (χ3v) is 6.51. The van der Waals surface area contributed by atoms with Crippen LogP contribution in [0, 0.1) is 0 Å². The van der Waals surface area contributed by atoms with Gasteiger partial charge in [0.1, 0.15) is 0 Å². The maximum absolute atomic E-state index is 13.0. The molecule has 4 aromatic carbocycles. The fraction of sp³-hybridized carbons (Fsp3) is 0.161. The van der Waals surface area contributed by atoms with Crippen molar-refractivity contribution >= 4 is 29.4 Å². The molecule has 186 valence electrons. The topological polar surface area (TPSA) is 61.9 Å². The molecule has 0 saturated carbocycles. The van der Waals surface area contributed by atoms with Crippen LogP contribution in [0.15, 0.2) is 103 Å². The van der Waals surface area contributed by atoms with Crippen LogP contribution in [0.3, 0.4) is 0 Å². The van der Waals surface area contributed by atoms with Gasteiger partial charge >= 0.3 is 0 Å². The van der Waals surface area contributed by atoms with Crippen LogP contribution < -0.4 is 15.1 Å². The largest absolute Gasteiger partial charge is 0.378 e. The fourth-order valence-corrected chi connectivity index (χ4v) is 4.53. The molecule has 0 bridgehead atoms. The highest BCUT2D eigenvalue weighted by molar-refractivity contribution is 5.98. The molecule has 0 unspecified atom stereocenters. The van der Waals surface area contributed by atoms with Crippen molar-refractivity contribution in [3.63, 3.8) is 0 Å². The zero-order chi connectivity index (χ0) is 25.5. The number of hydrogen-bond acceptors (Lipinski definition) is 4.